The van der Waals surface area contributed by atoms with Gasteiger partial charge in [0.1, 0.15) is 6.33 Å². The van der Waals surface area contributed by atoms with Gasteiger partial charge in [-0.15, -0.1) is 10.2 Å². The first-order chi connectivity index (χ1) is 12.0. The molecule has 9 heteroatoms. The summed E-state index contributed by atoms with van der Waals surface area (Å²) in [6, 6.07) is 7.56. The smallest absolute Gasteiger partial charge is 0.234 e. The molecule has 0 unspecified atom stereocenters. The number of anilines is 1. The van der Waals surface area contributed by atoms with Gasteiger partial charge in [0.15, 0.2) is 5.16 Å². The summed E-state index contributed by atoms with van der Waals surface area (Å²) in [7, 11) is 0. The maximum atomic E-state index is 12.2. The van der Waals surface area contributed by atoms with Crippen LogP contribution in [0.5, 0.6) is 0 Å². The zero-order valence-electron chi connectivity index (χ0n) is 14.1. The van der Waals surface area contributed by atoms with Gasteiger partial charge in [-0.2, -0.15) is 4.98 Å². The topological polar surface area (TPSA) is 98.7 Å². The van der Waals surface area contributed by atoms with Crippen LogP contribution in [0.15, 0.2) is 40.3 Å². The minimum atomic E-state index is -0.121. The minimum Gasteiger partial charge on any atom is -0.339 e. The number of thioether (sulfide) groups is 1. The fourth-order valence-corrected chi connectivity index (χ4v) is 3.01. The van der Waals surface area contributed by atoms with Gasteiger partial charge in [-0.25, -0.2) is 0 Å². The highest BCUT2D eigenvalue weighted by Crippen LogP contribution is 2.21. The fraction of sp³-hybridized carbons (Fsp3) is 0.312. The van der Waals surface area contributed by atoms with Crippen LogP contribution in [-0.4, -0.2) is 36.6 Å². The van der Waals surface area contributed by atoms with Crippen molar-refractivity contribution in [3.63, 3.8) is 0 Å². The van der Waals surface area contributed by atoms with Crippen molar-refractivity contribution in [3.05, 3.63) is 36.5 Å². The number of amides is 1. The van der Waals surface area contributed by atoms with Crippen LogP contribution >= 0.6 is 11.8 Å². The second kappa shape index (κ2) is 7.47. The van der Waals surface area contributed by atoms with E-state index in [2.05, 4.69) is 25.7 Å². The highest BCUT2D eigenvalue weighted by atomic mass is 32.2. The molecular weight excluding hydrogens is 340 g/mol. The van der Waals surface area contributed by atoms with Gasteiger partial charge >= 0.3 is 0 Å². The summed E-state index contributed by atoms with van der Waals surface area (Å²) in [5.74, 6) is 1.12. The van der Waals surface area contributed by atoms with Crippen LogP contribution in [0.1, 0.15) is 25.8 Å². The van der Waals surface area contributed by atoms with Crippen LogP contribution in [0, 0.1) is 6.92 Å². The predicted molar refractivity (Wildman–Crippen MR) is 94.2 cm³/mol. The molecule has 3 aromatic rings. The number of aryl methyl sites for hydroxylation is 1. The number of aromatic nitrogens is 5. The van der Waals surface area contributed by atoms with Gasteiger partial charge in [0.05, 0.1) is 5.75 Å². The Morgan fingerprint density at radius 2 is 2.24 bits per heavy atom. The van der Waals surface area contributed by atoms with Crippen LogP contribution in [0.2, 0.25) is 0 Å². The Morgan fingerprint density at radius 1 is 1.40 bits per heavy atom. The number of carbonyl (C=O) groups excluding carboxylic acids is 1. The fourth-order valence-electron chi connectivity index (χ4n) is 2.17. The number of rotatable bonds is 6. The molecule has 8 nitrogen and oxygen atoms in total. The predicted octanol–water partition coefficient (Wildman–Crippen LogP) is 2.95. The Labute approximate surface area is 149 Å². The quantitative estimate of drug-likeness (QED) is 0.676. The molecule has 0 radical (unpaired) electrons. The first kappa shape index (κ1) is 17.2. The largest absolute Gasteiger partial charge is 0.339 e. The number of carbonyl (C=O) groups is 1. The molecule has 0 fully saturated rings. The molecule has 0 saturated carbocycles. The molecule has 2 aromatic heterocycles. The van der Waals surface area contributed by atoms with Gasteiger partial charge in [0, 0.05) is 24.2 Å². The Morgan fingerprint density at radius 3 is 2.96 bits per heavy atom. The minimum absolute atomic E-state index is 0.121. The van der Waals surface area contributed by atoms with Gasteiger partial charge in [0.25, 0.3) is 0 Å². The maximum absolute atomic E-state index is 12.2. The number of benzene rings is 1. The van der Waals surface area contributed by atoms with Crippen molar-refractivity contribution in [2.45, 2.75) is 32.0 Å². The third-order valence-electron chi connectivity index (χ3n) is 3.36. The lowest BCUT2D eigenvalue weighted by Gasteiger charge is -2.09. The summed E-state index contributed by atoms with van der Waals surface area (Å²) in [6.45, 7) is 5.81. The average Bonchev–Trinajstić information content (AvgIpc) is 3.22. The van der Waals surface area contributed by atoms with E-state index in [1.807, 2.05) is 42.7 Å². The molecule has 1 N–H and O–H groups in total. The van der Waals surface area contributed by atoms with Crippen LogP contribution in [-0.2, 0) is 4.79 Å². The first-order valence-electron chi connectivity index (χ1n) is 7.76. The molecule has 0 aliphatic carbocycles. The van der Waals surface area contributed by atoms with E-state index in [4.69, 9.17) is 4.52 Å². The van der Waals surface area contributed by atoms with Crippen LogP contribution in [0.3, 0.4) is 0 Å². The van der Waals surface area contributed by atoms with E-state index in [0.29, 0.717) is 17.4 Å². The summed E-state index contributed by atoms with van der Waals surface area (Å²) < 4.78 is 6.91. The summed E-state index contributed by atoms with van der Waals surface area (Å²) >= 11 is 1.35. The van der Waals surface area contributed by atoms with Crippen molar-refractivity contribution < 1.29 is 9.32 Å². The molecule has 0 bridgehead atoms. The Bertz CT molecular complexity index is 873. The SMILES string of the molecule is Cc1nc(-c2cccc(NC(=O)CSc3nncn3C(C)C)c2)no1. The highest BCUT2D eigenvalue weighted by Gasteiger charge is 2.12. The van der Waals surface area contributed by atoms with Gasteiger partial charge in [-0.1, -0.05) is 29.1 Å². The summed E-state index contributed by atoms with van der Waals surface area (Å²) in [4.78, 5) is 16.4. The number of hydrogen-bond donors (Lipinski definition) is 1. The monoisotopic (exact) mass is 358 g/mol. The van der Waals surface area contributed by atoms with Gasteiger partial charge in [0.2, 0.25) is 17.6 Å². The van der Waals surface area contributed by atoms with Crippen LogP contribution in [0.25, 0.3) is 11.4 Å². The molecule has 1 amide bonds. The highest BCUT2D eigenvalue weighted by molar-refractivity contribution is 7.99. The van der Waals surface area contributed by atoms with E-state index < -0.39 is 0 Å². The molecule has 0 saturated heterocycles. The molecule has 2 heterocycles. The van der Waals surface area contributed by atoms with Crippen LogP contribution in [0.4, 0.5) is 5.69 Å². The third kappa shape index (κ3) is 4.24. The molecule has 1 aromatic carbocycles. The van der Waals surface area contributed by atoms with Crippen molar-refractivity contribution in [3.8, 4) is 11.4 Å². The zero-order chi connectivity index (χ0) is 17.8. The molecule has 130 valence electrons. The molecule has 25 heavy (non-hydrogen) atoms. The Hall–Kier alpha value is -2.68. The molecule has 0 spiro atoms. The Balaban J connectivity index is 1.62. The van der Waals surface area contributed by atoms with E-state index in [1.165, 1.54) is 11.8 Å². The van der Waals surface area contributed by atoms with E-state index >= 15 is 0 Å². The van der Waals surface area contributed by atoms with Crippen molar-refractivity contribution in [2.24, 2.45) is 0 Å². The lowest BCUT2D eigenvalue weighted by molar-refractivity contribution is -0.113. The average molecular weight is 358 g/mol. The summed E-state index contributed by atoms with van der Waals surface area (Å²) in [5, 5.41) is 15.4. The maximum Gasteiger partial charge on any atom is 0.234 e. The third-order valence-corrected chi connectivity index (χ3v) is 4.32. The lowest BCUT2D eigenvalue weighted by Crippen LogP contribution is -2.14. The second-order valence-electron chi connectivity index (χ2n) is 5.67. The van der Waals surface area contributed by atoms with E-state index in [-0.39, 0.29) is 17.7 Å². The molecule has 0 aliphatic rings. The normalized spacial score (nSPS) is 11.0. The number of nitrogens with zero attached hydrogens (tertiary/aromatic N) is 5. The summed E-state index contributed by atoms with van der Waals surface area (Å²) in [5.41, 5.74) is 1.46. The van der Waals surface area contributed by atoms with Crippen LogP contribution < -0.4 is 5.32 Å². The second-order valence-corrected chi connectivity index (χ2v) is 6.61. The van der Waals surface area contributed by atoms with Gasteiger partial charge in [-0.3, -0.25) is 4.79 Å². The Kier molecular flexibility index (Phi) is 5.13. The molecule has 3 rings (SSSR count). The number of nitrogens with one attached hydrogen (secondary N) is 1. The van der Waals surface area contributed by atoms with Crippen molar-refractivity contribution in [1.29, 1.82) is 0 Å². The zero-order valence-corrected chi connectivity index (χ0v) is 14.9. The molecule has 0 atom stereocenters. The first-order valence-corrected chi connectivity index (χ1v) is 8.74. The van der Waals surface area contributed by atoms with E-state index in [0.717, 1.165) is 10.7 Å². The molecular formula is C16H18N6O2S. The number of hydrogen-bond acceptors (Lipinski definition) is 7. The lowest BCUT2D eigenvalue weighted by atomic mass is 10.2. The van der Waals surface area contributed by atoms with Crippen molar-refractivity contribution in [1.82, 2.24) is 24.9 Å². The van der Waals surface area contributed by atoms with E-state index in [9.17, 15) is 4.79 Å². The standard InChI is InChI=1S/C16H18N6O2S/c1-10(2)22-9-17-20-16(22)25-8-14(23)19-13-6-4-5-12(7-13)15-18-11(3)24-21-15/h4-7,9-10H,8H2,1-3H3,(H,19,23). The van der Waals surface area contributed by atoms with Crippen molar-refractivity contribution >= 4 is 23.4 Å². The van der Waals surface area contributed by atoms with E-state index in [1.54, 1.807) is 13.3 Å². The van der Waals surface area contributed by atoms with Gasteiger partial charge in [-0.05, 0) is 26.0 Å². The van der Waals surface area contributed by atoms with Gasteiger partial charge < -0.3 is 14.4 Å². The summed E-state index contributed by atoms with van der Waals surface area (Å²) in [6.07, 6.45) is 1.67. The molecule has 0 aliphatic heterocycles. The van der Waals surface area contributed by atoms with Crippen molar-refractivity contribution in [2.75, 3.05) is 11.1 Å².